The average molecular weight is 317 g/mol. The van der Waals surface area contributed by atoms with E-state index in [1.54, 1.807) is 24.3 Å². The summed E-state index contributed by atoms with van der Waals surface area (Å²) in [4.78, 5) is 15.9. The number of aromatic nitrogens is 1. The quantitative estimate of drug-likeness (QED) is 0.833. The Morgan fingerprint density at radius 2 is 2.16 bits per heavy atom. The largest absolute Gasteiger partial charge is 0.399 e. The average Bonchev–Trinajstić information content (AvgIpc) is 2.42. The van der Waals surface area contributed by atoms with Crippen LogP contribution in [0.1, 0.15) is 16.1 Å². The highest BCUT2D eigenvalue weighted by Crippen LogP contribution is 2.24. The lowest BCUT2D eigenvalue weighted by atomic mass is 10.2. The summed E-state index contributed by atoms with van der Waals surface area (Å²) in [5.41, 5.74) is 7.46. The number of hydrogen-bond acceptors (Lipinski definition) is 4. The fourth-order valence-electron chi connectivity index (χ4n) is 1.41. The Morgan fingerprint density at radius 3 is 2.74 bits per heavy atom. The van der Waals surface area contributed by atoms with Crippen molar-refractivity contribution < 1.29 is 4.79 Å². The fraction of sp³-hybridized carbons (Fsp3) is 0. The molecule has 19 heavy (non-hydrogen) atoms. The van der Waals surface area contributed by atoms with Crippen LogP contribution in [0.2, 0.25) is 0 Å². The van der Waals surface area contributed by atoms with Gasteiger partial charge < -0.3 is 11.1 Å². The summed E-state index contributed by atoms with van der Waals surface area (Å²) < 4.78 is 0.689. The number of pyridine rings is 1. The third-order valence-electron chi connectivity index (χ3n) is 2.37. The Hall–Kier alpha value is -2.39. The van der Waals surface area contributed by atoms with E-state index in [1.165, 1.54) is 12.3 Å². The topological polar surface area (TPSA) is 91.8 Å². The molecule has 0 saturated heterocycles. The first-order chi connectivity index (χ1) is 9.10. The maximum absolute atomic E-state index is 11.9. The monoisotopic (exact) mass is 316 g/mol. The minimum absolute atomic E-state index is 0.239. The molecule has 94 valence electrons. The molecule has 0 aliphatic heterocycles. The fourth-order valence-corrected chi connectivity index (χ4v) is 1.91. The van der Waals surface area contributed by atoms with Gasteiger partial charge in [0.15, 0.2) is 0 Å². The first-order valence-corrected chi connectivity index (χ1v) is 6.12. The third kappa shape index (κ3) is 3.09. The molecule has 2 aromatic rings. The molecule has 6 heteroatoms. The zero-order valence-corrected chi connectivity index (χ0v) is 11.3. The number of nitrogens with two attached hydrogens (primary N) is 1. The number of benzene rings is 1. The van der Waals surface area contributed by atoms with Gasteiger partial charge in [0.2, 0.25) is 0 Å². The molecule has 1 aromatic heterocycles. The lowest BCUT2D eigenvalue weighted by Gasteiger charge is -2.07. The van der Waals surface area contributed by atoms with Crippen LogP contribution in [0, 0.1) is 11.3 Å². The molecular formula is C13H9BrN4O. The predicted octanol–water partition coefficient (Wildman–Crippen LogP) is 2.55. The number of anilines is 2. The van der Waals surface area contributed by atoms with Crippen molar-refractivity contribution in [2.45, 2.75) is 0 Å². The third-order valence-corrected chi connectivity index (χ3v) is 3.02. The summed E-state index contributed by atoms with van der Waals surface area (Å²) >= 11 is 3.31. The standard InChI is InChI=1S/C13H9BrN4O/c14-10-5-9(16)2-4-11(10)18-13(19)12-3-1-8(6-15)7-17-12/h1-5,7H,16H2,(H,18,19). The van der Waals surface area contributed by atoms with E-state index in [0.717, 1.165) is 0 Å². The summed E-state index contributed by atoms with van der Waals surface area (Å²) in [6.45, 7) is 0. The van der Waals surface area contributed by atoms with Gasteiger partial charge in [0, 0.05) is 16.4 Å². The second-order valence-corrected chi connectivity index (χ2v) is 4.59. The van der Waals surface area contributed by atoms with Crippen LogP contribution in [0.4, 0.5) is 11.4 Å². The van der Waals surface area contributed by atoms with Crippen molar-refractivity contribution in [2.75, 3.05) is 11.1 Å². The molecule has 1 aromatic carbocycles. The first-order valence-electron chi connectivity index (χ1n) is 5.32. The molecule has 0 spiro atoms. The molecule has 5 nitrogen and oxygen atoms in total. The van der Waals surface area contributed by atoms with Gasteiger partial charge in [-0.3, -0.25) is 4.79 Å². The van der Waals surface area contributed by atoms with Crippen molar-refractivity contribution in [3.8, 4) is 6.07 Å². The van der Waals surface area contributed by atoms with Gasteiger partial charge in [-0.25, -0.2) is 4.98 Å². The SMILES string of the molecule is N#Cc1ccc(C(=O)Nc2ccc(N)cc2Br)nc1. The van der Waals surface area contributed by atoms with Crippen LogP contribution in [-0.2, 0) is 0 Å². The maximum Gasteiger partial charge on any atom is 0.274 e. The second kappa shape index (κ2) is 5.50. The highest BCUT2D eigenvalue weighted by Gasteiger charge is 2.09. The Labute approximate surface area is 118 Å². The van der Waals surface area contributed by atoms with Crippen LogP contribution >= 0.6 is 15.9 Å². The van der Waals surface area contributed by atoms with E-state index < -0.39 is 0 Å². The van der Waals surface area contributed by atoms with Crippen LogP contribution < -0.4 is 11.1 Å². The molecule has 0 aliphatic rings. The Bertz CT molecular complexity index is 661. The van der Waals surface area contributed by atoms with Gasteiger partial charge in [-0.05, 0) is 46.3 Å². The number of carbonyl (C=O) groups excluding carboxylic acids is 1. The van der Waals surface area contributed by atoms with E-state index in [2.05, 4.69) is 26.2 Å². The van der Waals surface area contributed by atoms with Crippen molar-refractivity contribution in [1.29, 1.82) is 5.26 Å². The van der Waals surface area contributed by atoms with Crippen molar-refractivity contribution in [3.05, 3.63) is 52.3 Å². The van der Waals surface area contributed by atoms with Crippen molar-refractivity contribution >= 4 is 33.2 Å². The molecule has 0 unspecified atom stereocenters. The van der Waals surface area contributed by atoms with Gasteiger partial charge in [0.1, 0.15) is 11.8 Å². The highest BCUT2D eigenvalue weighted by molar-refractivity contribution is 9.10. The van der Waals surface area contributed by atoms with E-state index >= 15 is 0 Å². The lowest BCUT2D eigenvalue weighted by molar-refractivity contribution is 0.102. The van der Waals surface area contributed by atoms with Crippen LogP contribution in [0.25, 0.3) is 0 Å². The second-order valence-electron chi connectivity index (χ2n) is 3.74. The molecule has 0 bridgehead atoms. The van der Waals surface area contributed by atoms with Crippen molar-refractivity contribution in [2.24, 2.45) is 0 Å². The molecular weight excluding hydrogens is 308 g/mol. The minimum atomic E-state index is -0.352. The van der Waals surface area contributed by atoms with Crippen LogP contribution in [-0.4, -0.2) is 10.9 Å². The van der Waals surface area contributed by atoms with Crippen molar-refractivity contribution in [3.63, 3.8) is 0 Å². The summed E-state index contributed by atoms with van der Waals surface area (Å²) in [5, 5.41) is 11.4. The number of nitrogen functional groups attached to an aromatic ring is 1. The van der Waals surface area contributed by atoms with E-state index in [-0.39, 0.29) is 11.6 Å². The number of nitrogens with zero attached hydrogens (tertiary/aromatic N) is 2. The number of nitrogens with one attached hydrogen (secondary N) is 1. The number of nitriles is 1. The van der Waals surface area contributed by atoms with Gasteiger partial charge in [-0.1, -0.05) is 0 Å². The van der Waals surface area contributed by atoms with E-state index in [1.807, 2.05) is 6.07 Å². The Kier molecular flexibility index (Phi) is 3.78. The molecule has 1 heterocycles. The summed E-state index contributed by atoms with van der Waals surface area (Å²) in [7, 11) is 0. The van der Waals surface area contributed by atoms with Gasteiger partial charge >= 0.3 is 0 Å². The van der Waals surface area contributed by atoms with Crippen LogP contribution in [0.5, 0.6) is 0 Å². The molecule has 1 amide bonds. The maximum atomic E-state index is 11.9. The summed E-state index contributed by atoms with van der Waals surface area (Å²) in [6.07, 6.45) is 1.35. The van der Waals surface area contributed by atoms with Gasteiger partial charge in [0.05, 0.1) is 11.3 Å². The molecule has 0 fully saturated rings. The minimum Gasteiger partial charge on any atom is -0.399 e. The van der Waals surface area contributed by atoms with E-state index in [0.29, 0.717) is 21.4 Å². The number of hydrogen-bond donors (Lipinski definition) is 2. The van der Waals surface area contributed by atoms with Crippen LogP contribution in [0.3, 0.4) is 0 Å². The van der Waals surface area contributed by atoms with E-state index in [4.69, 9.17) is 11.0 Å². The van der Waals surface area contributed by atoms with Gasteiger partial charge in [0.25, 0.3) is 5.91 Å². The molecule has 0 saturated carbocycles. The first kappa shape index (κ1) is 13.1. The van der Waals surface area contributed by atoms with Gasteiger partial charge in [-0.2, -0.15) is 5.26 Å². The van der Waals surface area contributed by atoms with E-state index in [9.17, 15) is 4.79 Å². The van der Waals surface area contributed by atoms with Crippen LogP contribution in [0.15, 0.2) is 41.0 Å². The lowest BCUT2D eigenvalue weighted by Crippen LogP contribution is -2.14. The number of halogens is 1. The smallest absolute Gasteiger partial charge is 0.274 e. The normalized spacial score (nSPS) is 9.68. The number of amides is 1. The summed E-state index contributed by atoms with van der Waals surface area (Å²) in [6, 6.07) is 10.1. The Morgan fingerprint density at radius 1 is 1.37 bits per heavy atom. The predicted molar refractivity (Wildman–Crippen MR) is 75.5 cm³/mol. The highest BCUT2D eigenvalue weighted by atomic mass is 79.9. The zero-order chi connectivity index (χ0) is 13.8. The molecule has 0 atom stereocenters. The molecule has 0 aliphatic carbocycles. The molecule has 2 rings (SSSR count). The number of carbonyl (C=O) groups is 1. The summed E-state index contributed by atoms with van der Waals surface area (Å²) in [5.74, 6) is -0.352. The van der Waals surface area contributed by atoms with Gasteiger partial charge in [-0.15, -0.1) is 0 Å². The van der Waals surface area contributed by atoms with Crippen molar-refractivity contribution in [1.82, 2.24) is 4.98 Å². The number of rotatable bonds is 2. The molecule has 0 radical (unpaired) electrons. The molecule has 3 N–H and O–H groups in total. The Balaban J connectivity index is 2.18. The zero-order valence-electron chi connectivity index (χ0n) is 9.72.